The molecule has 1 aromatic carbocycles. The summed E-state index contributed by atoms with van der Waals surface area (Å²) in [5.74, 6) is 0.317. The minimum Gasteiger partial charge on any atom is -0.342 e. The van der Waals surface area contributed by atoms with Crippen LogP contribution < -0.4 is 0 Å². The average Bonchev–Trinajstić information content (AvgIpc) is 2.86. The van der Waals surface area contributed by atoms with Crippen molar-refractivity contribution in [1.82, 2.24) is 4.90 Å². The van der Waals surface area contributed by atoms with Crippen molar-refractivity contribution in [3.8, 4) is 0 Å². The summed E-state index contributed by atoms with van der Waals surface area (Å²) < 4.78 is 22.2. The van der Waals surface area contributed by atoms with Crippen LogP contribution >= 0.6 is 11.6 Å². The number of benzene rings is 1. The van der Waals surface area contributed by atoms with E-state index >= 15 is 0 Å². The minimum absolute atomic E-state index is 0.0565. The van der Waals surface area contributed by atoms with Gasteiger partial charge in [0.15, 0.2) is 0 Å². The standard InChI is InChI=1S/C15H20ClNO3S/c1-21(19,20)9-7-15(18)17-8-6-13(11-17)10-12-2-4-14(16)5-3-12/h2-5,13H,6-11H2,1H3. The summed E-state index contributed by atoms with van der Waals surface area (Å²) in [6, 6.07) is 7.77. The van der Waals surface area contributed by atoms with E-state index < -0.39 is 9.84 Å². The van der Waals surface area contributed by atoms with Crippen LogP contribution in [-0.2, 0) is 21.1 Å². The van der Waals surface area contributed by atoms with E-state index in [1.165, 1.54) is 5.56 Å². The molecule has 4 nitrogen and oxygen atoms in total. The summed E-state index contributed by atoms with van der Waals surface area (Å²) in [7, 11) is -3.07. The number of rotatable bonds is 5. The molecule has 1 aliphatic rings. The van der Waals surface area contributed by atoms with Crippen molar-refractivity contribution in [3.63, 3.8) is 0 Å². The van der Waals surface area contributed by atoms with Gasteiger partial charge in [0.25, 0.3) is 0 Å². The molecule has 0 bridgehead atoms. The van der Waals surface area contributed by atoms with Gasteiger partial charge in [0, 0.05) is 30.8 Å². The first kappa shape index (κ1) is 16.3. The second kappa shape index (κ2) is 6.79. The molecule has 1 saturated heterocycles. The van der Waals surface area contributed by atoms with Crippen LogP contribution in [0, 0.1) is 5.92 Å². The Hall–Kier alpha value is -1.07. The molecule has 2 rings (SSSR count). The largest absolute Gasteiger partial charge is 0.342 e. The van der Waals surface area contributed by atoms with Crippen LogP contribution in [0.5, 0.6) is 0 Å². The molecule has 0 saturated carbocycles. The number of sulfone groups is 1. The first-order valence-electron chi connectivity index (χ1n) is 7.03. The van der Waals surface area contributed by atoms with Gasteiger partial charge in [-0.15, -0.1) is 0 Å². The highest BCUT2D eigenvalue weighted by molar-refractivity contribution is 7.90. The number of nitrogens with zero attached hydrogens (tertiary/aromatic N) is 1. The summed E-state index contributed by atoms with van der Waals surface area (Å²) >= 11 is 5.86. The lowest BCUT2D eigenvalue weighted by molar-refractivity contribution is -0.129. The highest BCUT2D eigenvalue weighted by Crippen LogP contribution is 2.22. The van der Waals surface area contributed by atoms with Gasteiger partial charge in [0.2, 0.25) is 5.91 Å². The van der Waals surface area contributed by atoms with Gasteiger partial charge in [0.1, 0.15) is 9.84 Å². The number of carbonyl (C=O) groups excluding carboxylic acids is 1. The highest BCUT2D eigenvalue weighted by atomic mass is 35.5. The van der Waals surface area contributed by atoms with E-state index in [1.807, 2.05) is 24.3 Å². The van der Waals surface area contributed by atoms with Crippen molar-refractivity contribution in [1.29, 1.82) is 0 Å². The number of hydrogen-bond donors (Lipinski definition) is 0. The summed E-state index contributed by atoms with van der Waals surface area (Å²) in [5.41, 5.74) is 1.22. The fraction of sp³-hybridized carbons (Fsp3) is 0.533. The lowest BCUT2D eigenvalue weighted by Crippen LogP contribution is -2.30. The van der Waals surface area contributed by atoms with Gasteiger partial charge in [-0.2, -0.15) is 0 Å². The highest BCUT2D eigenvalue weighted by Gasteiger charge is 2.26. The Morgan fingerprint density at radius 2 is 2.00 bits per heavy atom. The number of halogens is 1. The van der Waals surface area contributed by atoms with E-state index in [0.717, 1.165) is 30.7 Å². The monoisotopic (exact) mass is 329 g/mol. The minimum atomic E-state index is -3.07. The Kier molecular flexibility index (Phi) is 5.27. The van der Waals surface area contributed by atoms with E-state index in [0.29, 0.717) is 12.5 Å². The fourth-order valence-electron chi connectivity index (χ4n) is 2.61. The van der Waals surface area contributed by atoms with Crippen molar-refractivity contribution in [2.45, 2.75) is 19.3 Å². The van der Waals surface area contributed by atoms with E-state index in [-0.39, 0.29) is 18.1 Å². The molecule has 0 spiro atoms. The molecule has 116 valence electrons. The normalized spacial score (nSPS) is 19.0. The van der Waals surface area contributed by atoms with Gasteiger partial charge in [-0.25, -0.2) is 8.42 Å². The summed E-state index contributed by atoms with van der Waals surface area (Å²) in [6.07, 6.45) is 3.14. The first-order valence-corrected chi connectivity index (χ1v) is 9.47. The molecule has 21 heavy (non-hydrogen) atoms. The van der Waals surface area contributed by atoms with E-state index in [1.54, 1.807) is 4.90 Å². The smallest absolute Gasteiger partial charge is 0.223 e. The molecule has 0 N–H and O–H groups in total. The zero-order valence-electron chi connectivity index (χ0n) is 12.1. The van der Waals surface area contributed by atoms with Gasteiger partial charge >= 0.3 is 0 Å². The predicted molar refractivity (Wildman–Crippen MR) is 84.2 cm³/mol. The van der Waals surface area contributed by atoms with Crippen molar-refractivity contribution in [2.24, 2.45) is 5.92 Å². The van der Waals surface area contributed by atoms with Gasteiger partial charge in [0.05, 0.1) is 5.75 Å². The topological polar surface area (TPSA) is 54.5 Å². The van der Waals surface area contributed by atoms with Crippen LogP contribution in [-0.4, -0.2) is 44.3 Å². The second-order valence-corrected chi connectivity index (χ2v) is 8.40. The molecular weight excluding hydrogens is 310 g/mol. The van der Waals surface area contributed by atoms with E-state index in [2.05, 4.69) is 0 Å². The number of hydrogen-bond acceptors (Lipinski definition) is 3. The quantitative estimate of drug-likeness (QED) is 0.832. The molecule has 1 amide bonds. The number of amides is 1. The van der Waals surface area contributed by atoms with Crippen molar-refractivity contribution < 1.29 is 13.2 Å². The van der Waals surface area contributed by atoms with Crippen molar-refractivity contribution in [2.75, 3.05) is 25.1 Å². The van der Waals surface area contributed by atoms with Crippen molar-refractivity contribution >= 4 is 27.3 Å². The predicted octanol–water partition coefficient (Wildman–Crippen LogP) is 2.17. The third kappa shape index (κ3) is 5.32. The Bertz CT molecular complexity index is 598. The Balaban J connectivity index is 1.83. The molecule has 0 aromatic heterocycles. The molecule has 0 aliphatic carbocycles. The third-order valence-electron chi connectivity index (χ3n) is 3.76. The zero-order valence-corrected chi connectivity index (χ0v) is 13.7. The lowest BCUT2D eigenvalue weighted by atomic mass is 9.99. The molecule has 0 radical (unpaired) electrons. The maximum atomic E-state index is 12.0. The molecule has 1 unspecified atom stereocenters. The maximum absolute atomic E-state index is 12.0. The summed E-state index contributed by atoms with van der Waals surface area (Å²) in [6.45, 7) is 1.44. The van der Waals surface area contributed by atoms with Crippen LogP contribution in [0.15, 0.2) is 24.3 Å². The van der Waals surface area contributed by atoms with Crippen LogP contribution in [0.2, 0.25) is 5.02 Å². The van der Waals surface area contributed by atoms with Crippen LogP contribution in [0.3, 0.4) is 0 Å². The summed E-state index contributed by atoms with van der Waals surface area (Å²) in [5, 5.41) is 0.725. The van der Waals surface area contributed by atoms with E-state index in [9.17, 15) is 13.2 Å². The first-order chi connectivity index (χ1) is 9.83. The Labute approximate surface area is 131 Å². The fourth-order valence-corrected chi connectivity index (χ4v) is 3.28. The molecule has 1 atom stereocenters. The van der Waals surface area contributed by atoms with Crippen LogP contribution in [0.1, 0.15) is 18.4 Å². The van der Waals surface area contributed by atoms with Crippen LogP contribution in [0.4, 0.5) is 0 Å². The molecule has 1 heterocycles. The average molecular weight is 330 g/mol. The van der Waals surface area contributed by atoms with Crippen molar-refractivity contribution in [3.05, 3.63) is 34.9 Å². The molecule has 1 fully saturated rings. The van der Waals surface area contributed by atoms with Crippen LogP contribution in [0.25, 0.3) is 0 Å². The van der Waals surface area contributed by atoms with Gasteiger partial charge in [-0.3, -0.25) is 4.79 Å². The summed E-state index contributed by atoms with van der Waals surface area (Å²) in [4.78, 5) is 13.8. The third-order valence-corrected chi connectivity index (χ3v) is 4.96. The van der Waals surface area contributed by atoms with E-state index in [4.69, 9.17) is 11.6 Å². The lowest BCUT2D eigenvalue weighted by Gasteiger charge is -2.16. The number of likely N-dealkylation sites (tertiary alicyclic amines) is 1. The number of carbonyl (C=O) groups is 1. The van der Waals surface area contributed by atoms with Gasteiger partial charge in [-0.1, -0.05) is 23.7 Å². The molecule has 1 aromatic rings. The maximum Gasteiger partial charge on any atom is 0.223 e. The SMILES string of the molecule is CS(=O)(=O)CCC(=O)N1CCC(Cc2ccc(Cl)cc2)C1. The van der Waals surface area contributed by atoms with Gasteiger partial charge < -0.3 is 4.90 Å². The Morgan fingerprint density at radius 3 is 2.62 bits per heavy atom. The molecular formula is C15H20ClNO3S. The zero-order chi connectivity index (χ0) is 15.5. The molecule has 6 heteroatoms. The molecule has 1 aliphatic heterocycles. The Morgan fingerprint density at radius 1 is 1.33 bits per heavy atom. The van der Waals surface area contributed by atoms with Gasteiger partial charge in [-0.05, 0) is 36.5 Å². The second-order valence-electron chi connectivity index (χ2n) is 5.70.